The molecule has 0 atom stereocenters. The molecule has 1 aromatic carbocycles. The van der Waals surface area contributed by atoms with E-state index in [1.54, 1.807) is 0 Å². The molecular formula is C14H14. The molecular weight excluding hydrogens is 168 g/mol. The van der Waals surface area contributed by atoms with Crippen LogP contribution in [0.4, 0.5) is 0 Å². The molecule has 1 aliphatic rings. The maximum absolute atomic E-state index is 3.85. The minimum Gasteiger partial charge on any atom is -0.0985 e. The van der Waals surface area contributed by atoms with Crippen LogP contribution in [0.2, 0.25) is 0 Å². The summed E-state index contributed by atoms with van der Waals surface area (Å²) in [6.45, 7) is 3.85. The second-order valence-corrected chi connectivity index (χ2v) is 3.45. The van der Waals surface area contributed by atoms with Gasteiger partial charge in [-0.05, 0) is 29.6 Å². The monoisotopic (exact) mass is 182 g/mol. The summed E-state index contributed by atoms with van der Waals surface area (Å²) in [4.78, 5) is 0. The van der Waals surface area contributed by atoms with Crippen molar-refractivity contribution in [3.63, 3.8) is 0 Å². The van der Waals surface area contributed by atoms with E-state index in [1.165, 1.54) is 16.7 Å². The molecule has 0 radical (unpaired) electrons. The molecule has 0 nitrogen and oxygen atoms in total. The first-order chi connectivity index (χ1) is 6.92. The van der Waals surface area contributed by atoms with Gasteiger partial charge in [0.1, 0.15) is 0 Å². The predicted molar refractivity (Wildman–Crippen MR) is 61.9 cm³/mol. The van der Waals surface area contributed by atoms with Gasteiger partial charge in [0.25, 0.3) is 0 Å². The van der Waals surface area contributed by atoms with Crippen LogP contribution in [0.15, 0.2) is 60.7 Å². The predicted octanol–water partition coefficient (Wildman–Crippen LogP) is 3.98. The minimum absolute atomic E-state index is 1.13. The summed E-state index contributed by atoms with van der Waals surface area (Å²) in [7, 11) is 0. The van der Waals surface area contributed by atoms with E-state index in [0.717, 1.165) is 12.8 Å². The number of hydrogen-bond acceptors (Lipinski definition) is 0. The van der Waals surface area contributed by atoms with Crippen molar-refractivity contribution >= 4 is 5.57 Å². The molecule has 0 aliphatic heterocycles. The third-order valence-corrected chi connectivity index (χ3v) is 2.55. The SMILES string of the molecule is C=CC1=C(c2ccccc2)CCC=C1. The third kappa shape index (κ3) is 1.69. The summed E-state index contributed by atoms with van der Waals surface area (Å²) in [6.07, 6.45) is 8.59. The van der Waals surface area contributed by atoms with Crippen molar-refractivity contribution in [3.05, 3.63) is 66.3 Å². The van der Waals surface area contributed by atoms with Crippen LogP contribution < -0.4 is 0 Å². The molecule has 0 bridgehead atoms. The van der Waals surface area contributed by atoms with Crippen molar-refractivity contribution in [1.29, 1.82) is 0 Å². The smallest absolute Gasteiger partial charge is 0.0218 e. The molecule has 1 aromatic rings. The summed E-state index contributed by atoms with van der Waals surface area (Å²) in [6, 6.07) is 10.6. The van der Waals surface area contributed by atoms with E-state index in [0.29, 0.717) is 0 Å². The van der Waals surface area contributed by atoms with Crippen LogP contribution in [0.25, 0.3) is 5.57 Å². The maximum Gasteiger partial charge on any atom is -0.0218 e. The van der Waals surface area contributed by atoms with Gasteiger partial charge in [0.05, 0.1) is 0 Å². The molecule has 0 unspecified atom stereocenters. The Morgan fingerprint density at radius 3 is 2.64 bits per heavy atom. The average Bonchev–Trinajstić information content (AvgIpc) is 2.30. The maximum atomic E-state index is 3.85. The zero-order valence-electron chi connectivity index (χ0n) is 8.24. The summed E-state index contributed by atoms with van der Waals surface area (Å²) in [5, 5.41) is 0. The molecule has 0 saturated heterocycles. The average molecular weight is 182 g/mol. The Balaban J connectivity index is 2.46. The fourth-order valence-corrected chi connectivity index (χ4v) is 1.82. The van der Waals surface area contributed by atoms with Crippen LogP contribution in [0.3, 0.4) is 0 Å². The first-order valence-electron chi connectivity index (χ1n) is 4.99. The number of hydrogen-bond donors (Lipinski definition) is 0. The molecule has 0 saturated carbocycles. The lowest BCUT2D eigenvalue weighted by molar-refractivity contribution is 1.04. The van der Waals surface area contributed by atoms with E-state index in [1.807, 2.05) is 6.08 Å². The largest absolute Gasteiger partial charge is 0.0985 e. The van der Waals surface area contributed by atoms with Gasteiger partial charge in [-0.15, -0.1) is 0 Å². The Bertz CT molecular complexity index is 380. The highest BCUT2D eigenvalue weighted by Crippen LogP contribution is 2.28. The van der Waals surface area contributed by atoms with Crippen LogP contribution in [0.5, 0.6) is 0 Å². The van der Waals surface area contributed by atoms with Gasteiger partial charge in [-0.1, -0.05) is 55.1 Å². The normalized spacial score (nSPS) is 15.7. The van der Waals surface area contributed by atoms with Crippen LogP contribution in [0.1, 0.15) is 18.4 Å². The van der Waals surface area contributed by atoms with Gasteiger partial charge in [0.15, 0.2) is 0 Å². The summed E-state index contributed by atoms with van der Waals surface area (Å²) in [5.74, 6) is 0. The molecule has 1 aliphatic carbocycles. The lowest BCUT2D eigenvalue weighted by Crippen LogP contribution is -1.92. The number of allylic oxidation sites excluding steroid dienone is 5. The van der Waals surface area contributed by atoms with E-state index in [-0.39, 0.29) is 0 Å². The van der Waals surface area contributed by atoms with Crippen molar-refractivity contribution in [1.82, 2.24) is 0 Å². The Kier molecular flexibility index (Phi) is 2.64. The molecule has 70 valence electrons. The Labute approximate surface area is 85.3 Å². The van der Waals surface area contributed by atoms with Gasteiger partial charge in [0, 0.05) is 0 Å². The van der Waals surface area contributed by atoms with Gasteiger partial charge >= 0.3 is 0 Å². The van der Waals surface area contributed by atoms with Crippen molar-refractivity contribution in [3.8, 4) is 0 Å². The third-order valence-electron chi connectivity index (χ3n) is 2.55. The van der Waals surface area contributed by atoms with Gasteiger partial charge in [0.2, 0.25) is 0 Å². The van der Waals surface area contributed by atoms with Gasteiger partial charge in [-0.3, -0.25) is 0 Å². The lowest BCUT2D eigenvalue weighted by Gasteiger charge is -2.13. The highest BCUT2D eigenvalue weighted by molar-refractivity contribution is 5.74. The molecule has 0 amide bonds. The second kappa shape index (κ2) is 4.10. The van der Waals surface area contributed by atoms with Crippen LogP contribution in [-0.4, -0.2) is 0 Å². The molecule has 14 heavy (non-hydrogen) atoms. The van der Waals surface area contributed by atoms with Crippen molar-refractivity contribution in [2.45, 2.75) is 12.8 Å². The van der Waals surface area contributed by atoms with Gasteiger partial charge < -0.3 is 0 Å². The van der Waals surface area contributed by atoms with Crippen LogP contribution >= 0.6 is 0 Å². The van der Waals surface area contributed by atoms with Crippen molar-refractivity contribution in [2.24, 2.45) is 0 Å². The van der Waals surface area contributed by atoms with E-state index < -0.39 is 0 Å². The zero-order valence-corrected chi connectivity index (χ0v) is 8.24. The highest BCUT2D eigenvalue weighted by Gasteiger charge is 2.07. The molecule has 0 fully saturated rings. The fourth-order valence-electron chi connectivity index (χ4n) is 1.82. The molecule has 0 heteroatoms. The topological polar surface area (TPSA) is 0 Å². The Morgan fingerprint density at radius 1 is 1.14 bits per heavy atom. The van der Waals surface area contributed by atoms with Crippen molar-refractivity contribution in [2.75, 3.05) is 0 Å². The number of rotatable bonds is 2. The van der Waals surface area contributed by atoms with Crippen molar-refractivity contribution < 1.29 is 0 Å². The lowest BCUT2D eigenvalue weighted by atomic mass is 9.92. The van der Waals surface area contributed by atoms with Crippen LogP contribution in [0, 0.1) is 0 Å². The summed E-state index contributed by atoms with van der Waals surface area (Å²) in [5.41, 5.74) is 4.01. The summed E-state index contributed by atoms with van der Waals surface area (Å²) >= 11 is 0. The zero-order chi connectivity index (χ0) is 9.80. The quantitative estimate of drug-likeness (QED) is 0.649. The number of benzene rings is 1. The van der Waals surface area contributed by atoms with E-state index in [2.05, 4.69) is 49.1 Å². The fraction of sp³-hybridized carbons (Fsp3) is 0.143. The van der Waals surface area contributed by atoms with Gasteiger partial charge in [-0.25, -0.2) is 0 Å². The standard InChI is InChI=1S/C14H14/c1-2-12-8-6-7-11-14(12)13-9-4-3-5-10-13/h2-6,8-10H,1,7,11H2. The molecule has 0 spiro atoms. The minimum atomic E-state index is 1.13. The first-order valence-corrected chi connectivity index (χ1v) is 4.99. The molecule has 0 N–H and O–H groups in total. The van der Waals surface area contributed by atoms with E-state index in [4.69, 9.17) is 0 Å². The molecule has 0 heterocycles. The highest BCUT2D eigenvalue weighted by atomic mass is 14.1. The Morgan fingerprint density at radius 2 is 1.93 bits per heavy atom. The Hall–Kier alpha value is -1.56. The summed E-state index contributed by atoms with van der Waals surface area (Å²) < 4.78 is 0. The van der Waals surface area contributed by atoms with E-state index >= 15 is 0 Å². The molecule has 2 rings (SSSR count). The first kappa shape index (κ1) is 9.01. The second-order valence-electron chi connectivity index (χ2n) is 3.45. The van der Waals surface area contributed by atoms with Gasteiger partial charge in [-0.2, -0.15) is 0 Å². The molecule has 0 aromatic heterocycles. The van der Waals surface area contributed by atoms with E-state index in [9.17, 15) is 0 Å². The van der Waals surface area contributed by atoms with Crippen LogP contribution in [-0.2, 0) is 0 Å².